The maximum atomic E-state index is 13.3. The molecule has 0 fully saturated rings. The van der Waals surface area contributed by atoms with E-state index in [1.54, 1.807) is 24.3 Å². The standard InChI is InChI=1S/C15H7BrF2O/c16-14-13(8-5-9(17)7-10(18)6-8)11-3-1-2-4-12(11)15(14)19/h1-7H. The van der Waals surface area contributed by atoms with Gasteiger partial charge in [0, 0.05) is 17.2 Å². The molecule has 0 amide bonds. The van der Waals surface area contributed by atoms with Crippen LogP contribution in [0.5, 0.6) is 0 Å². The Morgan fingerprint density at radius 3 is 2.11 bits per heavy atom. The van der Waals surface area contributed by atoms with Gasteiger partial charge in [-0.3, -0.25) is 4.79 Å². The largest absolute Gasteiger partial charge is 0.288 e. The smallest absolute Gasteiger partial charge is 0.201 e. The highest BCUT2D eigenvalue weighted by molar-refractivity contribution is 9.12. The molecule has 2 aromatic carbocycles. The van der Waals surface area contributed by atoms with Crippen LogP contribution in [0, 0.1) is 11.6 Å². The fourth-order valence-corrected chi connectivity index (χ4v) is 2.89. The molecule has 3 rings (SSSR count). The monoisotopic (exact) mass is 320 g/mol. The van der Waals surface area contributed by atoms with Crippen LogP contribution < -0.4 is 0 Å². The van der Waals surface area contributed by atoms with Crippen molar-refractivity contribution in [2.75, 3.05) is 0 Å². The quantitative estimate of drug-likeness (QED) is 0.765. The van der Waals surface area contributed by atoms with Gasteiger partial charge in [0.2, 0.25) is 5.78 Å². The van der Waals surface area contributed by atoms with Crippen LogP contribution in [-0.2, 0) is 0 Å². The van der Waals surface area contributed by atoms with Crippen molar-refractivity contribution < 1.29 is 13.6 Å². The third kappa shape index (κ3) is 1.92. The van der Waals surface area contributed by atoms with Crippen molar-refractivity contribution >= 4 is 27.3 Å². The normalized spacial score (nSPS) is 13.9. The minimum atomic E-state index is -0.667. The van der Waals surface area contributed by atoms with E-state index in [-0.39, 0.29) is 5.78 Å². The van der Waals surface area contributed by atoms with E-state index in [2.05, 4.69) is 15.9 Å². The van der Waals surface area contributed by atoms with Gasteiger partial charge in [-0.1, -0.05) is 24.3 Å². The van der Waals surface area contributed by atoms with Gasteiger partial charge in [-0.2, -0.15) is 0 Å². The maximum Gasteiger partial charge on any atom is 0.201 e. The molecule has 94 valence electrons. The van der Waals surface area contributed by atoms with Gasteiger partial charge in [-0.15, -0.1) is 0 Å². The Bertz CT molecular complexity index is 714. The fourth-order valence-electron chi connectivity index (χ4n) is 2.23. The number of hydrogen-bond donors (Lipinski definition) is 0. The first-order valence-corrected chi connectivity index (χ1v) is 6.37. The summed E-state index contributed by atoms with van der Waals surface area (Å²) in [6.45, 7) is 0. The highest BCUT2D eigenvalue weighted by Crippen LogP contribution is 2.40. The van der Waals surface area contributed by atoms with Crippen molar-refractivity contribution in [1.82, 2.24) is 0 Å². The molecule has 1 aliphatic rings. The van der Waals surface area contributed by atoms with Crippen molar-refractivity contribution in [3.8, 4) is 0 Å². The van der Waals surface area contributed by atoms with E-state index >= 15 is 0 Å². The van der Waals surface area contributed by atoms with Crippen LogP contribution in [0.4, 0.5) is 8.78 Å². The second-order valence-electron chi connectivity index (χ2n) is 4.22. The van der Waals surface area contributed by atoms with E-state index in [0.717, 1.165) is 6.07 Å². The van der Waals surface area contributed by atoms with Crippen molar-refractivity contribution in [3.05, 3.63) is 75.3 Å². The molecule has 0 aromatic heterocycles. The van der Waals surface area contributed by atoms with Crippen LogP contribution in [0.25, 0.3) is 5.57 Å². The van der Waals surface area contributed by atoms with Crippen LogP contribution in [-0.4, -0.2) is 5.78 Å². The summed E-state index contributed by atoms with van der Waals surface area (Å²) in [5, 5.41) is 0. The number of hydrogen-bond acceptors (Lipinski definition) is 1. The summed E-state index contributed by atoms with van der Waals surface area (Å²) >= 11 is 3.22. The molecule has 19 heavy (non-hydrogen) atoms. The number of carbonyl (C=O) groups is 1. The second-order valence-corrected chi connectivity index (χ2v) is 5.01. The van der Waals surface area contributed by atoms with Crippen molar-refractivity contribution in [2.45, 2.75) is 0 Å². The molecule has 0 atom stereocenters. The van der Waals surface area contributed by atoms with E-state index in [1.165, 1.54) is 12.1 Å². The summed E-state index contributed by atoms with van der Waals surface area (Å²) in [7, 11) is 0. The van der Waals surface area contributed by atoms with Crippen LogP contribution in [0.3, 0.4) is 0 Å². The maximum absolute atomic E-state index is 13.3. The van der Waals surface area contributed by atoms with E-state index in [0.29, 0.717) is 26.7 Å². The fraction of sp³-hybridized carbons (Fsp3) is 0. The molecular formula is C15H7BrF2O. The molecule has 0 unspecified atom stereocenters. The molecule has 1 nitrogen and oxygen atoms in total. The number of Topliss-reactive ketones (excluding diaryl/α,β-unsaturated/α-hetero) is 1. The number of halogens is 3. The summed E-state index contributed by atoms with van der Waals surface area (Å²) in [6, 6.07) is 10.2. The summed E-state index contributed by atoms with van der Waals surface area (Å²) < 4.78 is 27.0. The van der Waals surface area contributed by atoms with Gasteiger partial charge in [-0.25, -0.2) is 8.78 Å². The molecule has 0 N–H and O–H groups in total. The van der Waals surface area contributed by atoms with Crippen LogP contribution in [0.2, 0.25) is 0 Å². The van der Waals surface area contributed by atoms with Gasteiger partial charge in [0.1, 0.15) is 11.6 Å². The number of allylic oxidation sites excluding steroid dienone is 1. The molecule has 0 radical (unpaired) electrons. The van der Waals surface area contributed by atoms with Crippen molar-refractivity contribution in [3.63, 3.8) is 0 Å². The van der Waals surface area contributed by atoms with Gasteiger partial charge in [0.25, 0.3) is 0 Å². The van der Waals surface area contributed by atoms with E-state index in [4.69, 9.17) is 0 Å². The topological polar surface area (TPSA) is 17.1 Å². The molecule has 1 aliphatic carbocycles. The first-order chi connectivity index (χ1) is 9.08. The molecule has 0 spiro atoms. The zero-order valence-electron chi connectivity index (χ0n) is 9.58. The first kappa shape index (κ1) is 12.2. The third-order valence-corrected chi connectivity index (χ3v) is 3.77. The second kappa shape index (κ2) is 4.38. The molecule has 0 saturated heterocycles. The Morgan fingerprint density at radius 2 is 1.47 bits per heavy atom. The molecule has 0 saturated carbocycles. The Hall–Kier alpha value is -1.81. The van der Waals surface area contributed by atoms with E-state index < -0.39 is 11.6 Å². The Labute approximate surface area is 116 Å². The molecule has 2 aromatic rings. The molecule has 0 aliphatic heterocycles. The molecular weight excluding hydrogens is 314 g/mol. The summed E-state index contributed by atoms with van der Waals surface area (Å²) in [5.74, 6) is -1.51. The van der Waals surface area contributed by atoms with Gasteiger partial charge in [0.05, 0.1) is 4.48 Å². The summed E-state index contributed by atoms with van der Waals surface area (Å²) in [6.07, 6.45) is 0. The predicted octanol–water partition coefficient (Wildman–Crippen LogP) is 4.32. The number of rotatable bonds is 1. The molecule has 0 bridgehead atoms. The van der Waals surface area contributed by atoms with Crippen molar-refractivity contribution in [2.24, 2.45) is 0 Å². The predicted molar refractivity (Wildman–Crippen MR) is 72.1 cm³/mol. The minimum absolute atomic E-state index is 0.171. The van der Waals surface area contributed by atoms with Crippen LogP contribution in [0.15, 0.2) is 46.9 Å². The van der Waals surface area contributed by atoms with Gasteiger partial charge >= 0.3 is 0 Å². The lowest BCUT2D eigenvalue weighted by molar-refractivity contribution is 0.104. The van der Waals surface area contributed by atoms with Gasteiger partial charge in [0.15, 0.2) is 0 Å². The average molecular weight is 321 g/mol. The van der Waals surface area contributed by atoms with Crippen LogP contribution in [0.1, 0.15) is 21.5 Å². The number of fused-ring (bicyclic) bond motifs is 1. The lowest BCUT2D eigenvalue weighted by Crippen LogP contribution is -1.92. The summed E-state index contributed by atoms with van der Waals surface area (Å²) in [5.41, 5.74) is 2.10. The lowest BCUT2D eigenvalue weighted by atomic mass is 9.99. The number of benzene rings is 2. The van der Waals surface area contributed by atoms with Gasteiger partial charge in [-0.05, 0) is 39.2 Å². The Kier molecular flexibility index (Phi) is 2.82. The summed E-state index contributed by atoms with van der Waals surface area (Å²) in [4.78, 5) is 12.1. The minimum Gasteiger partial charge on any atom is -0.288 e. The zero-order chi connectivity index (χ0) is 13.6. The van der Waals surface area contributed by atoms with Crippen molar-refractivity contribution in [1.29, 1.82) is 0 Å². The highest BCUT2D eigenvalue weighted by Gasteiger charge is 2.28. The highest BCUT2D eigenvalue weighted by atomic mass is 79.9. The molecule has 4 heteroatoms. The SMILES string of the molecule is O=C1C(Br)=C(c2cc(F)cc(F)c2)c2ccccc21. The number of ketones is 1. The Balaban J connectivity index is 2.27. The lowest BCUT2D eigenvalue weighted by Gasteiger charge is -2.06. The number of carbonyl (C=O) groups excluding carboxylic acids is 1. The van der Waals surface area contributed by atoms with Gasteiger partial charge < -0.3 is 0 Å². The first-order valence-electron chi connectivity index (χ1n) is 5.58. The third-order valence-electron chi connectivity index (χ3n) is 3.01. The van der Waals surface area contributed by atoms with Crippen LogP contribution >= 0.6 is 15.9 Å². The van der Waals surface area contributed by atoms with E-state index in [9.17, 15) is 13.6 Å². The molecule has 0 heterocycles. The zero-order valence-corrected chi connectivity index (χ0v) is 11.2. The van der Waals surface area contributed by atoms with E-state index in [1.807, 2.05) is 0 Å². The average Bonchev–Trinajstić information content (AvgIpc) is 2.61. The Morgan fingerprint density at radius 1 is 0.895 bits per heavy atom.